The van der Waals surface area contributed by atoms with Gasteiger partial charge in [0, 0.05) is 10.8 Å². The summed E-state index contributed by atoms with van der Waals surface area (Å²) in [5.74, 6) is 6.68. The van der Waals surface area contributed by atoms with Crippen molar-refractivity contribution in [1.29, 1.82) is 0 Å². The summed E-state index contributed by atoms with van der Waals surface area (Å²) in [4.78, 5) is 13.9. The molecule has 224 valence electrons. The van der Waals surface area contributed by atoms with Crippen LogP contribution in [0.4, 0.5) is 0 Å². The molecule has 5 rings (SSSR count). The molecule has 39 heavy (non-hydrogen) atoms. The Morgan fingerprint density at radius 2 is 0.846 bits per heavy atom. The Bertz CT molecular complexity index is 660. The molecule has 1 nitrogen and oxygen atoms in total. The third kappa shape index (κ3) is 7.19. The Morgan fingerprint density at radius 1 is 0.487 bits per heavy atom. The van der Waals surface area contributed by atoms with Crippen molar-refractivity contribution in [1.82, 2.24) is 0 Å². The first-order valence-electron chi connectivity index (χ1n) is 18.6. The van der Waals surface area contributed by atoms with Crippen molar-refractivity contribution in [2.24, 2.45) is 46.3 Å². The normalized spacial score (nSPS) is 41.1. The van der Waals surface area contributed by atoms with Crippen molar-refractivity contribution in [2.75, 3.05) is 0 Å². The zero-order valence-electron chi connectivity index (χ0n) is 26.5. The van der Waals surface area contributed by atoms with Gasteiger partial charge in [-0.25, -0.2) is 0 Å². The maximum atomic E-state index is 13.9. The summed E-state index contributed by atoms with van der Waals surface area (Å²) in [6.07, 6.45) is 38.2. The second-order valence-electron chi connectivity index (χ2n) is 16.0. The highest BCUT2D eigenvalue weighted by molar-refractivity contribution is 5.96. The summed E-state index contributed by atoms with van der Waals surface area (Å²) in [6.45, 7) is 4.65. The van der Waals surface area contributed by atoms with Crippen LogP contribution < -0.4 is 0 Å². The van der Waals surface area contributed by atoms with E-state index in [1.54, 1.807) is 0 Å². The standard InChI is InChI=1S/C38H66O/c1-3-5-7-9-11-30-13-17-32(18-14-30)34-21-25-37(26-22-34)29-38(36(37)39)27-23-35(24-28-38)33-19-15-31(16-20-33)12-10-8-6-4-2/h30-35H,3-29H2,1-2H3. The van der Waals surface area contributed by atoms with Gasteiger partial charge in [-0.1, -0.05) is 104 Å². The van der Waals surface area contributed by atoms with Crippen LogP contribution in [-0.4, -0.2) is 5.78 Å². The maximum absolute atomic E-state index is 13.9. The van der Waals surface area contributed by atoms with Gasteiger partial charge in [-0.2, -0.15) is 0 Å². The number of rotatable bonds is 12. The molecule has 0 saturated heterocycles. The fourth-order valence-electron chi connectivity index (χ4n) is 11.0. The number of ketones is 1. The minimum absolute atomic E-state index is 0.135. The molecule has 0 aliphatic heterocycles. The van der Waals surface area contributed by atoms with Gasteiger partial charge in [0.2, 0.25) is 0 Å². The number of hydrogen-bond donors (Lipinski definition) is 0. The van der Waals surface area contributed by atoms with E-state index in [0.717, 1.165) is 41.3 Å². The minimum Gasteiger partial charge on any atom is -0.298 e. The SMILES string of the molecule is CCCCCCC1CCC(C2CCC3(CC2)CC2(CCC(C4CCC(CCCCCC)CC4)CC2)C3=O)CC1. The lowest BCUT2D eigenvalue weighted by molar-refractivity contribution is -0.170. The number of unbranched alkanes of at least 4 members (excludes halogenated alkanes) is 6. The molecule has 0 N–H and O–H groups in total. The largest absolute Gasteiger partial charge is 0.298 e. The van der Waals surface area contributed by atoms with E-state index >= 15 is 0 Å². The number of carbonyl (C=O) groups excluding carboxylic acids is 1. The highest BCUT2D eigenvalue weighted by Crippen LogP contribution is 2.65. The van der Waals surface area contributed by atoms with Crippen molar-refractivity contribution in [3.05, 3.63) is 0 Å². The van der Waals surface area contributed by atoms with Crippen molar-refractivity contribution >= 4 is 5.78 Å². The zero-order chi connectivity index (χ0) is 27.1. The molecule has 0 amide bonds. The molecule has 0 aromatic heterocycles. The second-order valence-corrected chi connectivity index (χ2v) is 16.0. The van der Waals surface area contributed by atoms with Crippen molar-refractivity contribution < 1.29 is 4.79 Å². The van der Waals surface area contributed by atoms with E-state index < -0.39 is 0 Å². The van der Waals surface area contributed by atoms with Crippen LogP contribution in [0, 0.1) is 46.3 Å². The molecule has 0 bridgehead atoms. The first-order chi connectivity index (χ1) is 19.1. The van der Waals surface area contributed by atoms with Gasteiger partial charge in [0.1, 0.15) is 5.78 Å². The van der Waals surface area contributed by atoms with E-state index in [0.29, 0.717) is 0 Å². The molecular formula is C38H66O. The zero-order valence-corrected chi connectivity index (χ0v) is 26.5. The van der Waals surface area contributed by atoms with Gasteiger partial charge >= 0.3 is 0 Å². The Balaban J connectivity index is 0.984. The van der Waals surface area contributed by atoms with Crippen LogP contribution in [0.15, 0.2) is 0 Å². The number of Topliss-reactive ketones (excluding diaryl/α,β-unsaturated/α-hetero) is 1. The molecule has 2 spiro atoms. The maximum Gasteiger partial charge on any atom is 0.145 e. The molecule has 5 aliphatic rings. The summed E-state index contributed by atoms with van der Waals surface area (Å²) in [5.41, 5.74) is 0.269. The molecule has 1 heteroatoms. The van der Waals surface area contributed by atoms with Crippen molar-refractivity contribution in [3.8, 4) is 0 Å². The molecule has 0 atom stereocenters. The quantitative estimate of drug-likeness (QED) is 0.226. The van der Waals surface area contributed by atoms with Gasteiger partial charge < -0.3 is 0 Å². The van der Waals surface area contributed by atoms with Gasteiger partial charge in [0.15, 0.2) is 0 Å². The van der Waals surface area contributed by atoms with E-state index in [1.807, 2.05) is 0 Å². The van der Waals surface area contributed by atoms with Crippen LogP contribution in [0.1, 0.15) is 187 Å². The molecule has 5 aliphatic carbocycles. The van der Waals surface area contributed by atoms with Crippen molar-refractivity contribution in [3.63, 3.8) is 0 Å². The number of carbonyl (C=O) groups is 1. The van der Waals surface area contributed by atoms with Gasteiger partial charge in [0.05, 0.1) is 0 Å². The third-order valence-electron chi connectivity index (χ3n) is 13.7. The lowest BCUT2D eigenvalue weighted by atomic mass is 9.42. The van der Waals surface area contributed by atoms with Crippen LogP contribution >= 0.6 is 0 Å². The smallest absolute Gasteiger partial charge is 0.145 e. The highest BCUT2D eigenvalue weighted by atomic mass is 16.1. The van der Waals surface area contributed by atoms with E-state index in [2.05, 4.69) is 13.8 Å². The molecule has 0 heterocycles. The molecule has 0 aromatic carbocycles. The van der Waals surface area contributed by atoms with E-state index in [1.165, 1.54) is 173 Å². The third-order valence-corrected chi connectivity index (χ3v) is 13.7. The summed E-state index contributed by atoms with van der Waals surface area (Å²) < 4.78 is 0. The van der Waals surface area contributed by atoms with Gasteiger partial charge in [-0.3, -0.25) is 4.79 Å². The van der Waals surface area contributed by atoms with E-state index in [9.17, 15) is 4.79 Å². The predicted octanol–water partition coefficient (Wildman–Crippen LogP) is 11.9. The highest BCUT2D eigenvalue weighted by Gasteiger charge is 2.63. The summed E-state index contributed by atoms with van der Waals surface area (Å²) in [5, 5.41) is 0. The lowest BCUT2D eigenvalue weighted by Crippen LogP contribution is -2.60. The summed E-state index contributed by atoms with van der Waals surface area (Å²) in [6, 6.07) is 0. The van der Waals surface area contributed by atoms with Gasteiger partial charge in [-0.15, -0.1) is 0 Å². The number of hydrogen-bond acceptors (Lipinski definition) is 1. The van der Waals surface area contributed by atoms with Crippen LogP contribution in [0.5, 0.6) is 0 Å². The van der Waals surface area contributed by atoms with Gasteiger partial charge in [-0.05, 0) is 119 Å². The Kier molecular flexibility index (Phi) is 11.0. The predicted molar refractivity (Wildman–Crippen MR) is 167 cm³/mol. The average Bonchev–Trinajstić information content (AvgIpc) is 2.99. The first-order valence-corrected chi connectivity index (χ1v) is 18.6. The molecule has 5 saturated carbocycles. The Labute approximate surface area is 243 Å². The van der Waals surface area contributed by atoms with Crippen LogP contribution in [-0.2, 0) is 4.79 Å². The molecule has 0 radical (unpaired) electrons. The summed E-state index contributed by atoms with van der Waals surface area (Å²) in [7, 11) is 0. The Hall–Kier alpha value is -0.330. The average molecular weight is 539 g/mol. The lowest BCUT2D eigenvalue weighted by Gasteiger charge is -2.60. The Morgan fingerprint density at radius 3 is 1.18 bits per heavy atom. The monoisotopic (exact) mass is 539 g/mol. The van der Waals surface area contributed by atoms with Crippen LogP contribution in [0.3, 0.4) is 0 Å². The van der Waals surface area contributed by atoms with Crippen molar-refractivity contribution in [2.45, 2.75) is 187 Å². The molecule has 5 fully saturated rings. The summed E-state index contributed by atoms with van der Waals surface area (Å²) >= 11 is 0. The fraction of sp³-hybridized carbons (Fsp3) is 0.974. The second kappa shape index (κ2) is 14.2. The van der Waals surface area contributed by atoms with Gasteiger partial charge in [0.25, 0.3) is 0 Å². The molecular weight excluding hydrogens is 472 g/mol. The van der Waals surface area contributed by atoms with Crippen LogP contribution in [0.2, 0.25) is 0 Å². The molecule has 0 unspecified atom stereocenters. The van der Waals surface area contributed by atoms with E-state index in [4.69, 9.17) is 0 Å². The van der Waals surface area contributed by atoms with E-state index in [-0.39, 0.29) is 10.8 Å². The first kappa shape index (κ1) is 30.1. The minimum atomic E-state index is 0.135. The topological polar surface area (TPSA) is 17.1 Å². The fourth-order valence-corrected chi connectivity index (χ4v) is 11.0. The molecule has 0 aromatic rings. The van der Waals surface area contributed by atoms with Crippen LogP contribution in [0.25, 0.3) is 0 Å².